The Bertz CT molecular complexity index is 318. The third kappa shape index (κ3) is 3.06. The van der Waals surface area contributed by atoms with Gasteiger partial charge in [0, 0.05) is 13.1 Å². The van der Waals surface area contributed by atoms with E-state index in [2.05, 4.69) is 22.2 Å². The van der Waals surface area contributed by atoms with Gasteiger partial charge in [-0.15, -0.1) is 0 Å². The van der Waals surface area contributed by atoms with Gasteiger partial charge in [0.05, 0.1) is 5.69 Å². The van der Waals surface area contributed by atoms with Gasteiger partial charge in [-0.1, -0.05) is 0 Å². The Morgan fingerprint density at radius 3 is 3.12 bits per heavy atom. The molecule has 4 nitrogen and oxygen atoms in total. The molecule has 1 aliphatic heterocycles. The van der Waals surface area contributed by atoms with Gasteiger partial charge in [-0.05, 0) is 45.8 Å². The highest BCUT2D eigenvalue weighted by molar-refractivity contribution is 5.04. The van der Waals surface area contributed by atoms with E-state index in [0.717, 1.165) is 37.0 Å². The van der Waals surface area contributed by atoms with Crippen LogP contribution in [-0.2, 0) is 6.54 Å². The van der Waals surface area contributed by atoms with Gasteiger partial charge in [0.25, 0.3) is 0 Å². The Morgan fingerprint density at radius 1 is 1.62 bits per heavy atom. The third-order valence-electron chi connectivity index (χ3n) is 3.23. The summed E-state index contributed by atoms with van der Waals surface area (Å²) in [6.07, 6.45) is 4.18. The van der Waals surface area contributed by atoms with Crippen LogP contribution in [0.1, 0.15) is 24.3 Å². The molecule has 0 bridgehead atoms. The normalized spacial score (nSPS) is 21.6. The zero-order valence-corrected chi connectivity index (χ0v) is 10.2. The summed E-state index contributed by atoms with van der Waals surface area (Å²) < 4.78 is 5.21. The zero-order chi connectivity index (χ0) is 11.4. The Hall–Kier alpha value is -0.870. The van der Waals surface area contributed by atoms with Gasteiger partial charge in [0.15, 0.2) is 6.39 Å². The van der Waals surface area contributed by atoms with Gasteiger partial charge in [0.2, 0.25) is 0 Å². The minimum atomic E-state index is 0.783. The highest BCUT2D eigenvalue weighted by Gasteiger charge is 2.16. The maximum Gasteiger partial charge on any atom is 0.181 e. The van der Waals surface area contributed by atoms with E-state index in [0.29, 0.717) is 0 Å². The standard InChI is InChI=1S/C12H21N3O/c1-10-12(14-9-16-10)8-15(2)7-11-4-3-5-13-6-11/h9,11,13H,3-8H2,1-2H3. The van der Waals surface area contributed by atoms with E-state index in [1.165, 1.54) is 25.8 Å². The van der Waals surface area contributed by atoms with Crippen molar-refractivity contribution in [2.45, 2.75) is 26.3 Å². The number of aryl methyl sites for hydroxylation is 1. The summed E-state index contributed by atoms with van der Waals surface area (Å²) in [6.45, 7) is 6.33. The smallest absolute Gasteiger partial charge is 0.181 e. The van der Waals surface area contributed by atoms with Crippen LogP contribution in [-0.4, -0.2) is 36.6 Å². The summed E-state index contributed by atoms with van der Waals surface area (Å²) in [5.74, 6) is 1.72. The number of hydrogen-bond donors (Lipinski definition) is 1. The molecule has 0 amide bonds. The first-order valence-electron chi connectivity index (χ1n) is 6.04. The summed E-state index contributed by atoms with van der Waals surface area (Å²) in [5, 5.41) is 3.45. The molecule has 1 saturated heterocycles. The van der Waals surface area contributed by atoms with Crippen LogP contribution in [0.5, 0.6) is 0 Å². The van der Waals surface area contributed by atoms with Crippen molar-refractivity contribution in [1.82, 2.24) is 15.2 Å². The number of rotatable bonds is 4. The summed E-state index contributed by atoms with van der Waals surface area (Å²) in [5.41, 5.74) is 1.06. The number of aromatic nitrogens is 1. The van der Waals surface area contributed by atoms with E-state index >= 15 is 0 Å². The van der Waals surface area contributed by atoms with Crippen molar-refractivity contribution in [2.24, 2.45) is 5.92 Å². The van der Waals surface area contributed by atoms with Crippen LogP contribution in [0.25, 0.3) is 0 Å². The Kier molecular flexibility index (Phi) is 3.96. The molecule has 0 radical (unpaired) electrons. The topological polar surface area (TPSA) is 41.3 Å². The van der Waals surface area contributed by atoms with Crippen LogP contribution >= 0.6 is 0 Å². The molecule has 1 aromatic heterocycles. The molecule has 2 rings (SSSR count). The highest BCUT2D eigenvalue weighted by atomic mass is 16.3. The minimum absolute atomic E-state index is 0.783. The fourth-order valence-electron chi connectivity index (χ4n) is 2.32. The van der Waals surface area contributed by atoms with Crippen LogP contribution in [0.2, 0.25) is 0 Å². The largest absolute Gasteiger partial charge is 0.448 e. The highest BCUT2D eigenvalue weighted by Crippen LogP contribution is 2.13. The fourth-order valence-corrected chi connectivity index (χ4v) is 2.32. The summed E-state index contributed by atoms with van der Waals surface area (Å²) in [4.78, 5) is 6.56. The van der Waals surface area contributed by atoms with Crippen LogP contribution in [0, 0.1) is 12.8 Å². The second kappa shape index (κ2) is 5.46. The van der Waals surface area contributed by atoms with Crippen LogP contribution in [0.15, 0.2) is 10.8 Å². The molecule has 0 spiro atoms. The Balaban J connectivity index is 1.79. The molecule has 1 aliphatic rings. The lowest BCUT2D eigenvalue weighted by Crippen LogP contribution is -2.36. The maximum atomic E-state index is 5.21. The monoisotopic (exact) mass is 223 g/mol. The molecule has 0 saturated carbocycles. The van der Waals surface area contributed by atoms with Crippen LogP contribution in [0.3, 0.4) is 0 Å². The van der Waals surface area contributed by atoms with E-state index in [1.54, 1.807) is 0 Å². The van der Waals surface area contributed by atoms with Gasteiger partial charge >= 0.3 is 0 Å². The Morgan fingerprint density at radius 2 is 2.50 bits per heavy atom. The first kappa shape index (κ1) is 11.6. The average molecular weight is 223 g/mol. The van der Waals surface area contributed by atoms with Gasteiger partial charge in [-0.3, -0.25) is 0 Å². The number of hydrogen-bond acceptors (Lipinski definition) is 4. The van der Waals surface area contributed by atoms with Gasteiger partial charge in [-0.2, -0.15) is 0 Å². The second-order valence-corrected chi connectivity index (χ2v) is 4.76. The van der Waals surface area contributed by atoms with Crippen molar-refractivity contribution in [3.63, 3.8) is 0 Å². The molecular weight excluding hydrogens is 202 g/mol. The molecule has 1 fully saturated rings. The lowest BCUT2D eigenvalue weighted by atomic mass is 9.99. The van der Waals surface area contributed by atoms with Crippen molar-refractivity contribution < 1.29 is 4.42 Å². The lowest BCUT2D eigenvalue weighted by molar-refractivity contribution is 0.235. The quantitative estimate of drug-likeness (QED) is 0.838. The number of piperidine rings is 1. The molecule has 0 aromatic carbocycles. The molecule has 2 heterocycles. The van der Waals surface area contributed by atoms with E-state index in [1.807, 2.05) is 6.92 Å². The molecule has 0 aliphatic carbocycles. The average Bonchev–Trinajstić information content (AvgIpc) is 2.66. The molecular formula is C12H21N3O. The molecule has 1 aromatic rings. The predicted molar refractivity (Wildman–Crippen MR) is 63.2 cm³/mol. The van der Waals surface area contributed by atoms with Crippen molar-refractivity contribution in [3.05, 3.63) is 17.8 Å². The van der Waals surface area contributed by atoms with Crippen molar-refractivity contribution in [1.29, 1.82) is 0 Å². The van der Waals surface area contributed by atoms with Gasteiger partial charge in [0.1, 0.15) is 5.76 Å². The van der Waals surface area contributed by atoms with Crippen LogP contribution in [0.4, 0.5) is 0 Å². The number of oxazole rings is 1. The van der Waals surface area contributed by atoms with E-state index in [-0.39, 0.29) is 0 Å². The molecule has 1 atom stereocenters. The molecule has 1 unspecified atom stereocenters. The Labute approximate surface area is 97.0 Å². The van der Waals surface area contributed by atoms with Crippen molar-refractivity contribution >= 4 is 0 Å². The number of nitrogens with one attached hydrogen (secondary N) is 1. The first-order valence-corrected chi connectivity index (χ1v) is 6.04. The fraction of sp³-hybridized carbons (Fsp3) is 0.750. The minimum Gasteiger partial charge on any atom is -0.448 e. The molecule has 16 heavy (non-hydrogen) atoms. The van der Waals surface area contributed by atoms with Crippen molar-refractivity contribution in [2.75, 3.05) is 26.7 Å². The number of nitrogens with zero attached hydrogens (tertiary/aromatic N) is 2. The van der Waals surface area contributed by atoms with E-state index in [9.17, 15) is 0 Å². The lowest BCUT2D eigenvalue weighted by Gasteiger charge is -2.27. The third-order valence-corrected chi connectivity index (χ3v) is 3.23. The van der Waals surface area contributed by atoms with E-state index in [4.69, 9.17) is 4.42 Å². The van der Waals surface area contributed by atoms with Crippen molar-refractivity contribution in [3.8, 4) is 0 Å². The van der Waals surface area contributed by atoms with Crippen LogP contribution < -0.4 is 5.32 Å². The predicted octanol–water partition coefficient (Wildman–Crippen LogP) is 1.41. The SMILES string of the molecule is Cc1ocnc1CN(C)CC1CCCNC1. The molecule has 4 heteroatoms. The summed E-state index contributed by atoms with van der Waals surface area (Å²) >= 11 is 0. The van der Waals surface area contributed by atoms with Gasteiger partial charge in [-0.25, -0.2) is 4.98 Å². The van der Waals surface area contributed by atoms with E-state index < -0.39 is 0 Å². The second-order valence-electron chi connectivity index (χ2n) is 4.76. The zero-order valence-electron chi connectivity index (χ0n) is 10.2. The van der Waals surface area contributed by atoms with Gasteiger partial charge < -0.3 is 14.6 Å². The summed E-state index contributed by atoms with van der Waals surface area (Å²) in [6, 6.07) is 0. The maximum absolute atomic E-state index is 5.21. The first-order chi connectivity index (χ1) is 7.75. The molecule has 90 valence electrons. The molecule has 1 N–H and O–H groups in total. The summed E-state index contributed by atoms with van der Waals surface area (Å²) in [7, 11) is 2.16.